The molecule has 0 bridgehead atoms. The number of likely N-dealkylation sites (tertiary alicyclic amines) is 1. The summed E-state index contributed by atoms with van der Waals surface area (Å²) in [6, 6.07) is 0. The molecular formula is C9H16BrNO2. The fourth-order valence-corrected chi connectivity index (χ4v) is 1.80. The molecule has 1 rings (SSSR count). The number of alkyl halides is 1. The fraction of sp³-hybridized carbons (Fsp3) is 0.889. The molecule has 0 aromatic rings. The molecule has 3 atom stereocenters. The van der Waals surface area contributed by atoms with Crippen molar-refractivity contribution >= 4 is 21.8 Å². The molecule has 1 heterocycles. The SMILES string of the molecule is CC1CN(CC(O)CBr)C(=O)C1C. The van der Waals surface area contributed by atoms with Crippen LogP contribution in [0.15, 0.2) is 0 Å². The predicted molar refractivity (Wildman–Crippen MR) is 54.7 cm³/mol. The van der Waals surface area contributed by atoms with Crippen molar-refractivity contribution in [2.24, 2.45) is 11.8 Å². The minimum atomic E-state index is -0.443. The number of carbonyl (C=O) groups is 1. The zero-order chi connectivity index (χ0) is 10.0. The Morgan fingerprint density at radius 1 is 1.69 bits per heavy atom. The van der Waals surface area contributed by atoms with Gasteiger partial charge in [-0.2, -0.15) is 0 Å². The van der Waals surface area contributed by atoms with Crippen LogP contribution in [0.1, 0.15) is 13.8 Å². The van der Waals surface area contributed by atoms with Gasteiger partial charge in [-0.15, -0.1) is 0 Å². The predicted octanol–water partition coefficient (Wildman–Crippen LogP) is 0.857. The molecule has 3 nitrogen and oxygen atoms in total. The Hall–Kier alpha value is -0.0900. The Morgan fingerprint density at radius 2 is 2.31 bits per heavy atom. The standard InChI is InChI=1S/C9H16BrNO2/c1-6-4-11(5-8(12)3-10)9(13)7(6)2/h6-8,12H,3-5H2,1-2H3. The van der Waals surface area contributed by atoms with Crippen LogP contribution >= 0.6 is 15.9 Å². The second-order valence-corrected chi connectivity index (χ2v) is 4.46. The van der Waals surface area contributed by atoms with Crippen LogP contribution in [0.25, 0.3) is 0 Å². The van der Waals surface area contributed by atoms with Gasteiger partial charge >= 0.3 is 0 Å². The summed E-state index contributed by atoms with van der Waals surface area (Å²) >= 11 is 3.18. The number of hydrogen-bond acceptors (Lipinski definition) is 2. The first-order chi connectivity index (χ1) is 6.06. The first-order valence-corrected chi connectivity index (χ1v) is 5.71. The quantitative estimate of drug-likeness (QED) is 0.754. The second-order valence-electron chi connectivity index (χ2n) is 3.82. The maximum absolute atomic E-state index is 11.6. The van der Waals surface area contributed by atoms with Crippen molar-refractivity contribution < 1.29 is 9.90 Å². The van der Waals surface area contributed by atoms with Crippen LogP contribution in [0.5, 0.6) is 0 Å². The van der Waals surface area contributed by atoms with Gasteiger partial charge in [0.15, 0.2) is 0 Å². The third-order valence-corrected chi connectivity index (χ3v) is 3.42. The number of β-amino-alcohol motifs (C(OH)–C–C–N with tert-alkyl or cyclic N) is 1. The number of aliphatic hydroxyl groups excluding tert-OH is 1. The number of carbonyl (C=O) groups excluding carboxylic acids is 1. The highest BCUT2D eigenvalue weighted by molar-refractivity contribution is 9.09. The Kier molecular flexibility index (Phi) is 3.74. The van der Waals surface area contributed by atoms with Crippen molar-refractivity contribution in [2.45, 2.75) is 20.0 Å². The van der Waals surface area contributed by atoms with E-state index in [1.165, 1.54) is 0 Å². The van der Waals surface area contributed by atoms with Crippen molar-refractivity contribution in [2.75, 3.05) is 18.4 Å². The molecule has 3 unspecified atom stereocenters. The van der Waals surface area contributed by atoms with Gasteiger partial charge in [-0.25, -0.2) is 0 Å². The monoisotopic (exact) mass is 249 g/mol. The summed E-state index contributed by atoms with van der Waals surface area (Å²) in [5.74, 6) is 0.699. The fourth-order valence-electron chi connectivity index (χ4n) is 1.59. The van der Waals surface area contributed by atoms with Gasteiger partial charge < -0.3 is 10.0 Å². The number of amides is 1. The van der Waals surface area contributed by atoms with Crippen LogP contribution in [0.3, 0.4) is 0 Å². The molecule has 0 radical (unpaired) electrons. The molecule has 0 aromatic carbocycles. The van der Waals surface area contributed by atoms with Crippen molar-refractivity contribution in [3.8, 4) is 0 Å². The van der Waals surface area contributed by atoms with Crippen LogP contribution < -0.4 is 0 Å². The summed E-state index contributed by atoms with van der Waals surface area (Å²) in [6.07, 6.45) is -0.443. The van der Waals surface area contributed by atoms with Gasteiger partial charge in [-0.05, 0) is 5.92 Å². The lowest BCUT2D eigenvalue weighted by Crippen LogP contribution is -2.35. The van der Waals surface area contributed by atoms with Gasteiger partial charge in [0.1, 0.15) is 0 Å². The van der Waals surface area contributed by atoms with E-state index in [1.54, 1.807) is 4.90 Å². The molecule has 1 fully saturated rings. The van der Waals surface area contributed by atoms with Gasteiger partial charge in [-0.3, -0.25) is 4.79 Å². The van der Waals surface area contributed by atoms with E-state index in [-0.39, 0.29) is 11.8 Å². The Bertz CT molecular complexity index is 198. The van der Waals surface area contributed by atoms with E-state index >= 15 is 0 Å². The van der Waals surface area contributed by atoms with Gasteiger partial charge in [0.05, 0.1) is 6.10 Å². The Labute approximate surface area is 87.2 Å². The molecule has 1 aliphatic heterocycles. The molecule has 0 aliphatic carbocycles. The molecular weight excluding hydrogens is 234 g/mol. The van der Waals surface area contributed by atoms with Crippen LogP contribution in [0.4, 0.5) is 0 Å². The number of halogens is 1. The molecule has 76 valence electrons. The van der Waals surface area contributed by atoms with Crippen LogP contribution in [0.2, 0.25) is 0 Å². The van der Waals surface area contributed by atoms with Gasteiger partial charge in [0.2, 0.25) is 5.91 Å². The Morgan fingerprint density at radius 3 is 2.69 bits per heavy atom. The molecule has 1 saturated heterocycles. The first-order valence-electron chi connectivity index (χ1n) is 4.59. The zero-order valence-corrected chi connectivity index (χ0v) is 9.62. The number of rotatable bonds is 3. The minimum Gasteiger partial charge on any atom is -0.390 e. The van der Waals surface area contributed by atoms with Gasteiger partial charge in [-0.1, -0.05) is 29.8 Å². The normalized spacial score (nSPS) is 31.1. The second kappa shape index (κ2) is 4.42. The van der Waals surface area contributed by atoms with Gasteiger partial charge in [0, 0.05) is 24.3 Å². The molecule has 0 spiro atoms. The maximum Gasteiger partial charge on any atom is 0.225 e. The molecule has 0 aromatic heterocycles. The lowest BCUT2D eigenvalue weighted by atomic mass is 10.0. The highest BCUT2D eigenvalue weighted by Gasteiger charge is 2.34. The highest BCUT2D eigenvalue weighted by atomic mass is 79.9. The average Bonchev–Trinajstić information content (AvgIpc) is 2.34. The largest absolute Gasteiger partial charge is 0.390 e. The molecule has 0 saturated carbocycles. The molecule has 1 aliphatic rings. The zero-order valence-electron chi connectivity index (χ0n) is 8.03. The Balaban J connectivity index is 2.49. The van der Waals surface area contributed by atoms with E-state index in [1.807, 2.05) is 6.92 Å². The van der Waals surface area contributed by atoms with E-state index in [4.69, 9.17) is 0 Å². The van der Waals surface area contributed by atoms with Crippen LogP contribution in [-0.4, -0.2) is 40.4 Å². The van der Waals surface area contributed by atoms with Crippen molar-refractivity contribution in [1.29, 1.82) is 0 Å². The molecule has 4 heteroatoms. The maximum atomic E-state index is 11.6. The molecule has 13 heavy (non-hydrogen) atoms. The minimum absolute atomic E-state index is 0.113. The van der Waals surface area contributed by atoms with E-state index in [2.05, 4.69) is 22.9 Å². The topological polar surface area (TPSA) is 40.5 Å². The van der Waals surface area contributed by atoms with Crippen molar-refractivity contribution in [3.05, 3.63) is 0 Å². The number of hydrogen-bond donors (Lipinski definition) is 1. The summed E-state index contributed by atoms with van der Waals surface area (Å²) < 4.78 is 0. The molecule has 1 amide bonds. The third kappa shape index (κ3) is 2.44. The average molecular weight is 250 g/mol. The van der Waals surface area contributed by atoms with Crippen molar-refractivity contribution in [1.82, 2.24) is 4.90 Å². The van der Waals surface area contributed by atoms with E-state index < -0.39 is 6.10 Å². The number of aliphatic hydroxyl groups is 1. The summed E-state index contributed by atoms with van der Waals surface area (Å²) in [7, 11) is 0. The van der Waals surface area contributed by atoms with Crippen LogP contribution in [0, 0.1) is 11.8 Å². The third-order valence-electron chi connectivity index (χ3n) is 2.67. The van der Waals surface area contributed by atoms with Crippen LogP contribution in [-0.2, 0) is 4.79 Å². The van der Waals surface area contributed by atoms with E-state index in [0.717, 1.165) is 6.54 Å². The summed E-state index contributed by atoms with van der Waals surface area (Å²) in [5.41, 5.74) is 0. The summed E-state index contributed by atoms with van der Waals surface area (Å²) in [5, 5.41) is 9.90. The summed E-state index contributed by atoms with van der Waals surface area (Å²) in [6.45, 7) is 5.26. The number of nitrogens with zero attached hydrogens (tertiary/aromatic N) is 1. The van der Waals surface area contributed by atoms with Gasteiger partial charge in [0.25, 0.3) is 0 Å². The summed E-state index contributed by atoms with van der Waals surface area (Å²) in [4.78, 5) is 13.3. The lowest BCUT2D eigenvalue weighted by Gasteiger charge is -2.18. The van der Waals surface area contributed by atoms with E-state index in [9.17, 15) is 9.90 Å². The van der Waals surface area contributed by atoms with E-state index in [0.29, 0.717) is 17.8 Å². The first kappa shape index (κ1) is 11.0. The van der Waals surface area contributed by atoms with Crippen molar-refractivity contribution in [3.63, 3.8) is 0 Å². The molecule has 1 N–H and O–H groups in total. The lowest BCUT2D eigenvalue weighted by molar-refractivity contribution is -0.131. The smallest absolute Gasteiger partial charge is 0.225 e. The highest BCUT2D eigenvalue weighted by Crippen LogP contribution is 2.23.